The van der Waals surface area contributed by atoms with Gasteiger partial charge in [-0.2, -0.15) is 0 Å². The van der Waals surface area contributed by atoms with Gasteiger partial charge in [-0.15, -0.1) is 0 Å². The van der Waals surface area contributed by atoms with Crippen LogP contribution in [0.25, 0.3) is 0 Å². The number of nitrogens with two attached hydrogens (primary N) is 1. The highest BCUT2D eigenvalue weighted by molar-refractivity contribution is 6.32. The summed E-state index contributed by atoms with van der Waals surface area (Å²) in [6, 6.07) is 3.48. The molecule has 0 unspecified atom stereocenters. The zero-order chi connectivity index (χ0) is 14.1. The van der Waals surface area contributed by atoms with Crippen molar-refractivity contribution in [3.8, 4) is 5.75 Å². The van der Waals surface area contributed by atoms with E-state index in [1.54, 1.807) is 19.2 Å². The summed E-state index contributed by atoms with van der Waals surface area (Å²) in [7, 11) is 1.64. The predicted molar refractivity (Wildman–Crippen MR) is 78.2 cm³/mol. The Labute approximate surface area is 119 Å². The van der Waals surface area contributed by atoms with Gasteiger partial charge in [0.05, 0.1) is 36.2 Å². The maximum atomic E-state index is 6.07. The molecule has 0 aliphatic rings. The van der Waals surface area contributed by atoms with Crippen LogP contribution in [0.3, 0.4) is 0 Å². The van der Waals surface area contributed by atoms with Crippen molar-refractivity contribution in [3.63, 3.8) is 0 Å². The van der Waals surface area contributed by atoms with Gasteiger partial charge >= 0.3 is 0 Å². The molecule has 0 aliphatic heterocycles. The van der Waals surface area contributed by atoms with Crippen molar-refractivity contribution in [1.29, 1.82) is 0 Å². The van der Waals surface area contributed by atoms with Crippen molar-refractivity contribution in [3.05, 3.63) is 17.2 Å². The van der Waals surface area contributed by atoms with Gasteiger partial charge in [-0.25, -0.2) is 0 Å². The van der Waals surface area contributed by atoms with E-state index < -0.39 is 0 Å². The molecule has 0 saturated carbocycles. The molecule has 0 fully saturated rings. The fraction of sp³-hybridized carbons (Fsp3) is 0.538. The van der Waals surface area contributed by atoms with Crippen molar-refractivity contribution in [2.75, 3.05) is 51.1 Å². The van der Waals surface area contributed by atoms with Crippen molar-refractivity contribution in [2.24, 2.45) is 0 Å². The van der Waals surface area contributed by atoms with E-state index in [9.17, 15) is 0 Å². The predicted octanol–water partition coefficient (Wildman–Crippen LogP) is 2.40. The maximum Gasteiger partial charge on any atom is 0.140 e. The molecule has 0 amide bonds. The minimum atomic E-state index is 0.429. The average Bonchev–Trinajstić information content (AvgIpc) is 2.38. The van der Waals surface area contributed by atoms with Crippen molar-refractivity contribution >= 4 is 23.0 Å². The quantitative estimate of drug-likeness (QED) is 0.539. The van der Waals surface area contributed by atoms with E-state index in [0.29, 0.717) is 42.9 Å². The fourth-order valence-corrected chi connectivity index (χ4v) is 1.70. The first kappa shape index (κ1) is 15.9. The van der Waals surface area contributed by atoms with Crippen LogP contribution in [0.5, 0.6) is 5.75 Å². The second-order valence-corrected chi connectivity index (χ2v) is 4.26. The lowest BCUT2D eigenvalue weighted by Gasteiger charge is -2.13. The molecule has 3 N–H and O–H groups in total. The fourth-order valence-electron chi connectivity index (χ4n) is 1.48. The van der Waals surface area contributed by atoms with Gasteiger partial charge in [0.25, 0.3) is 0 Å². The second kappa shape index (κ2) is 8.85. The highest BCUT2D eigenvalue weighted by Gasteiger charge is 2.07. The third-order valence-corrected chi connectivity index (χ3v) is 2.68. The largest absolute Gasteiger partial charge is 0.490 e. The lowest BCUT2D eigenvalue weighted by Crippen LogP contribution is -2.10. The number of benzene rings is 1. The third kappa shape index (κ3) is 5.55. The van der Waals surface area contributed by atoms with Crippen LogP contribution < -0.4 is 15.8 Å². The first-order valence-corrected chi connectivity index (χ1v) is 6.59. The summed E-state index contributed by atoms with van der Waals surface area (Å²) < 4.78 is 15.7. The van der Waals surface area contributed by atoms with Gasteiger partial charge in [0, 0.05) is 19.7 Å². The maximum absolute atomic E-state index is 6.07. The van der Waals surface area contributed by atoms with Crippen LogP contribution in [0.15, 0.2) is 12.1 Å². The second-order valence-electron chi connectivity index (χ2n) is 3.85. The zero-order valence-electron chi connectivity index (χ0n) is 11.4. The highest BCUT2D eigenvalue weighted by atomic mass is 35.5. The molecule has 0 heterocycles. The van der Waals surface area contributed by atoms with Crippen molar-refractivity contribution < 1.29 is 14.2 Å². The van der Waals surface area contributed by atoms with E-state index in [1.807, 2.05) is 6.92 Å². The molecule has 0 aliphatic carbocycles. The Morgan fingerprint density at radius 2 is 1.95 bits per heavy atom. The van der Waals surface area contributed by atoms with Crippen LogP contribution in [-0.4, -0.2) is 40.1 Å². The van der Waals surface area contributed by atoms with Gasteiger partial charge in [-0.05, 0) is 13.0 Å². The molecule has 19 heavy (non-hydrogen) atoms. The molecule has 0 bridgehead atoms. The molecule has 0 aromatic heterocycles. The summed E-state index contributed by atoms with van der Waals surface area (Å²) in [6.07, 6.45) is 0. The summed E-state index contributed by atoms with van der Waals surface area (Å²) in [6.45, 7) is 4.83. The molecule has 0 spiro atoms. The van der Waals surface area contributed by atoms with Crippen LogP contribution in [-0.2, 0) is 9.47 Å². The van der Waals surface area contributed by atoms with E-state index in [4.69, 9.17) is 31.5 Å². The molecular weight excluding hydrogens is 268 g/mol. The number of anilines is 2. The van der Waals surface area contributed by atoms with Crippen LogP contribution >= 0.6 is 11.6 Å². The van der Waals surface area contributed by atoms with E-state index >= 15 is 0 Å². The van der Waals surface area contributed by atoms with Gasteiger partial charge in [-0.1, -0.05) is 11.6 Å². The smallest absolute Gasteiger partial charge is 0.140 e. The van der Waals surface area contributed by atoms with E-state index in [1.165, 1.54) is 0 Å². The molecule has 0 saturated heterocycles. The van der Waals surface area contributed by atoms with E-state index in [-0.39, 0.29) is 0 Å². The monoisotopic (exact) mass is 288 g/mol. The lowest BCUT2D eigenvalue weighted by atomic mass is 10.2. The van der Waals surface area contributed by atoms with E-state index in [2.05, 4.69) is 5.32 Å². The van der Waals surface area contributed by atoms with E-state index in [0.717, 1.165) is 12.2 Å². The minimum absolute atomic E-state index is 0.429. The number of methoxy groups -OCH3 is 1. The Morgan fingerprint density at radius 1 is 1.21 bits per heavy atom. The molecule has 1 aromatic rings. The Kier molecular flexibility index (Phi) is 7.40. The van der Waals surface area contributed by atoms with Crippen molar-refractivity contribution in [2.45, 2.75) is 6.92 Å². The summed E-state index contributed by atoms with van der Waals surface area (Å²) in [5, 5.41) is 3.65. The molecule has 108 valence electrons. The molecule has 5 nitrogen and oxygen atoms in total. The minimum Gasteiger partial charge on any atom is -0.490 e. The van der Waals surface area contributed by atoms with Crippen LogP contribution in [0.2, 0.25) is 5.02 Å². The number of hydrogen-bond donors (Lipinski definition) is 2. The number of rotatable bonds is 9. The Morgan fingerprint density at radius 3 is 2.63 bits per heavy atom. The number of ether oxygens (including phenoxy) is 3. The number of nitrogen functional groups attached to an aromatic ring is 1. The zero-order valence-corrected chi connectivity index (χ0v) is 12.1. The Balaban J connectivity index is 2.46. The topological polar surface area (TPSA) is 65.7 Å². The molecule has 0 radical (unpaired) electrons. The first-order valence-electron chi connectivity index (χ1n) is 6.21. The molecule has 1 rings (SSSR count). The van der Waals surface area contributed by atoms with Gasteiger partial charge < -0.3 is 25.3 Å². The number of hydrogen-bond acceptors (Lipinski definition) is 5. The van der Waals surface area contributed by atoms with Crippen LogP contribution in [0, 0.1) is 0 Å². The van der Waals surface area contributed by atoms with Gasteiger partial charge in [0.15, 0.2) is 0 Å². The standard InChI is InChI=1S/C13H21ClN2O3/c1-3-16-12-9-13(10(14)8-11(12)15)19-7-6-18-5-4-17-2/h8-9,16H,3-7,15H2,1-2H3. The van der Waals surface area contributed by atoms with Gasteiger partial charge in [0.1, 0.15) is 12.4 Å². The summed E-state index contributed by atoms with van der Waals surface area (Å²) >= 11 is 6.07. The molecule has 1 aromatic carbocycles. The Bertz CT molecular complexity index is 388. The van der Waals surface area contributed by atoms with Crippen molar-refractivity contribution in [1.82, 2.24) is 0 Å². The SMILES string of the molecule is CCNc1cc(OCCOCCOC)c(Cl)cc1N. The third-order valence-electron chi connectivity index (χ3n) is 2.39. The summed E-state index contributed by atoms with van der Waals surface area (Å²) in [5.41, 5.74) is 7.27. The highest BCUT2D eigenvalue weighted by Crippen LogP contribution is 2.32. The normalized spacial score (nSPS) is 10.5. The Hall–Kier alpha value is -1.17. The van der Waals surface area contributed by atoms with Crippen LogP contribution in [0.1, 0.15) is 6.92 Å². The average molecular weight is 289 g/mol. The lowest BCUT2D eigenvalue weighted by molar-refractivity contribution is 0.0544. The molecular formula is C13H21ClN2O3. The van der Waals surface area contributed by atoms with Crippen LogP contribution in [0.4, 0.5) is 11.4 Å². The molecule has 6 heteroatoms. The summed E-state index contributed by atoms with van der Waals surface area (Å²) in [4.78, 5) is 0. The van der Waals surface area contributed by atoms with Gasteiger partial charge in [-0.3, -0.25) is 0 Å². The molecule has 0 atom stereocenters. The number of nitrogens with one attached hydrogen (secondary N) is 1. The first-order chi connectivity index (χ1) is 9.19. The summed E-state index contributed by atoms with van der Waals surface area (Å²) in [5.74, 6) is 0.599. The van der Waals surface area contributed by atoms with Gasteiger partial charge in [0.2, 0.25) is 0 Å². The number of halogens is 1.